The van der Waals surface area contributed by atoms with Crippen molar-refractivity contribution >= 4 is 6.16 Å². The third-order valence-corrected chi connectivity index (χ3v) is 8.54. The summed E-state index contributed by atoms with van der Waals surface area (Å²) in [5.41, 5.74) is 0. The quantitative estimate of drug-likeness (QED) is 0.0600. The van der Waals surface area contributed by atoms with Gasteiger partial charge in [0.25, 0.3) is 0 Å². The highest BCUT2D eigenvalue weighted by Crippen LogP contribution is 2.21. The zero-order valence-corrected chi connectivity index (χ0v) is 28.1. The van der Waals surface area contributed by atoms with Crippen molar-refractivity contribution in [2.45, 2.75) is 233 Å². The molecule has 0 spiro atoms. The average Bonchev–Trinajstić information content (AvgIpc) is 2.95. The van der Waals surface area contributed by atoms with Crippen molar-refractivity contribution < 1.29 is 14.3 Å². The van der Waals surface area contributed by atoms with Crippen LogP contribution in [-0.2, 0) is 9.47 Å². The number of carbonyl (C=O) groups excluding carboxylic acids is 1. The molecule has 2 unspecified atom stereocenters. The lowest BCUT2D eigenvalue weighted by Crippen LogP contribution is -2.24. The summed E-state index contributed by atoms with van der Waals surface area (Å²) in [5, 5.41) is 0. The number of carbonyl (C=O) groups is 1. The first-order valence-electron chi connectivity index (χ1n) is 18.5. The van der Waals surface area contributed by atoms with E-state index >= 15 is 0 Å². The van der Waals surface area contributed by atoms with E-state index in [-0.39, 0.29) is 12.2 Å². The molecule has 0 saturated heterocycles. The van der Waals surface area contributed by atoms with E-state index in [4.69, 9.17) is 9.47 Å². The molecule has 0 aliphatic carbocycles. The normalized spacial score (nSPS) is 12.9. The topological polar surface area (TPSA) is 35.5 Å². The Bertz CT molecular complexity index is 450. The van der Waals surface area contributed by atoms with Crippen LogP contribution in [0.3, 0.4) is 0 Å². The minimum Gasteiger partial charge on any atom is -0.431 e. The molecule has 0 aromatic heterocycles. The fourth-order valence-corrected chi connectivity index (χ4v) is 5.79. The van der Waals surface area contributed by atoms with Crippen molar-refractivity contribution in [2.75, 3.05) is 0 Å². The Labute approximate surface area is 252 Å². The average molecular weight is 567 g/mol. The number of unbranched alkanes of at least 4 members (excludes halogenated alkanes) is 22. The second-order valence-corrected chi connectivity index (χ2v) is 12.7. The maximum absolute atomic E-state index is 12.9. The summed E-state index contributed by atoms with van der Waals surface area (Å²) in [4.78, 5) is 12.9. The van der Waals surface area contributed by atoms with Crippen LogP contribution in [0.4, 0.5) is 4.79 Å². The predicted molar refractivity (Wildman–Crippen MR) is 176 cm³/mol. The highest BCUT2D eigenvalue weighted by molar-refractivity contribution is 5.60. The molecule has 0 saturated carbocycles. The molecule has 0 fully saturated rings. The van der Waals surface area contributed by atoms with Crippen LogP contribution in [-0.4, -0.2) is 18.4 Å². The molecule has 3 heteroatoms. The van der Waals surface area contributed by atoms with Crippen LogP contribution >= 0.6 is 0 Å². The lowest BCUT2D eigenvalue weighted by atomic mass is 10.0. The van der Waals surface area contributed by atoms with Gasteiger partial charge in [0, 0.05) is 0 Å². The lowest BCUT2D eigenvalue weighted by molar-refractivity contribution is -0.0121. The molecule has 40 heavy (non-hydrogen) atoms. The van der Waals surface area contributed by atoms with Crippen molar-refractivity contribution in [1.29, 1.82) is 0 Å². The van der Waals surface area contributed by atoms with Gasteiger partial charge in [-0.15, -0.1) is 0 Å². The smallest absolute Gasteiger partial charge is 0.431 e. The Hall–Kier alpha value is -0.730. The van der Waals surface area contributed by atoms with Crippen molar-refractivity contribution in [3.63, 3.8) is 0 Å². The van der Waals surface area contributed by atoms with Gasteiger partial charge in [-0.25, -0.2) is 4.79 Å². The molecule has 0 rings (SSSR count). The van der Waals surface area contributed by atoms with E-state index in [1.165, 1.54) is 154 Å². The van der Waals surface area contributed by atoms with Crippen LogP contribution in [0.1, 0.15) is 220 Å². The van der Waals surface area contributed by atoms with E-state index in [1.54, 1.807) is 0 Å². The third-order valence-electron chi connectivity index (χ3n) is 8.54. The first-order chi connectivity index (χ1) is 19.7. The van der Waals surface area contributed by atoms with Gasteiger partial charge < -0.3 is 9.47 Å². The van der Waals surface area contributed by atoms with Gasteiger partial charge in [0.15, 0.2) is 0 Å². The summed E-state index contributed by atoms with van der Waals surface area (Å²) in [5.74, 6) is 0. The van der Waals surface area contributed by atoms with E-state index in [1.807, 2.05) is 0 Å². The predicted octanol–water partition coefficient (Wildman–Crippen LogP) is 13.7. The van der Waals surface area contributed by atoms with Crippen LogP contribution in [0, 0.1) is 0 Å². The highest BCUT2D eigenvalue weighted by atomic mass is 16.7. The zero-order valence-electron chi connectivity index (χ0n) is 28.1. The largest absolute Gasteiger partial charge is 0.508 e. The SMILES string of the molecule is CCCCCCCCCCCC(CCCCCC)OC(=O)OC(CCCCCC)CCCCCCCCCCC. The first kappa shape index (κ1) is 39.3. The Kier molecular flexibility index (Phi) is 32.2. The molecule has 0 aromatic carbocycles. The summed E-state index contributed by atoms with van der Waals surface area (Å²) >= 11 is 0. The van der Waals surface area contributed by atoms with Gasteiger partial charge in [-0.1, -0.05) is 169 Å². The van der Waals surface area contributed by atoms with Crippen LogP contribution < -0.4 is 0 Å². The maximum atomic E-state index is 12.9. The molecule has 0 radical (unpaired) electrons. The van der Waals surface area contributed by atoms with Gasteiger partial charge in [-0.05, 0) is 51.4 Å². The molecule has 0 aliphatic heterocycles. The molecular formula is C37H74O3. The Morgan fingerprint density at radius 1 is 0.350 bits per heavy atom. The molecule has 0 bridgehead atoms. The molecule has 0 N–H and O–H groups in total. The van der Waals surface area contributed by atoms with Crippen molar-refractivity contribution in [3.05, 3.63) is 0 Å². The van der Waals surface area contributed by atoms with Gasteiger partial charge in [0.2, 0.25) is 0 Å². The van der Waals surface area contributed by atoms with E-state index in [2.05, 4.69) is 27.7 Å². The number of hydrogen-bond donors (Lipinski definition) is 0. The van der Waals surface area contributed by atoms with Gasteiger partial charge in [-0.3, -0.25) is 0 Å². The van der Waals surface area contributed by atoms with E-state index in [0.717, 1.165) is 38.5 Å². The molecular weight excluding hydrogens is 492 g/mol. The Balaban J connectivity index is 4.49. The first-order valence-corrected chi connectivity index (χ1v) is 18.5. The number of rotatable bonds is 32. The summed E-state index contributed by atoms with van der Waals surface area (Å²) < 4.78 is 12.0. The lowest BCUT2D eigenvalue weighted by Gasteiger charge is -2.22. The van der Waals surface area contributed by atoms with E-state index in [9.17, 15) is 4.79 Å². The Morgan fingerprint density at radius 3 is 0.800 bits per heavy atom. The summed E-state index contributed by atoms with van der Waals surface area (Å²) in [6, 6.07) is 0. The number of hydrogen-bond acceptors (Lipinski definition) is 3. The Morgan fingerprint density at radius 2 is 0.550 bits per heavy atom. The standard InChI is InChI=1S/C37H74O3/c1-5-9-13-17-19-21-23-25-29-33-35(31-27-15-11-7-3)39-37(38)40-36(32-28-16-12-8-4)34-30-26-24-22-20-18-14-10-6-2/h35-36H,5-34H2,1-4H3. The van der Waals surface area contributed by atoms with Crippen molar-refractivity contribution in [3.8, 4) is 0 Å². The summed E-state index contributed by atoms with van der Waals surface area (Å²) in [6.07, 6.45) is 37.4. The number of ether oxygens (including phenoxy) is 2. The molecule has 240 valence electrons. The molecule has 0 aromatic rings. The molecule has 0 amide bonds. The molecule has 3 nitrogen and oxygen atoms in total. The van der Waals surface area contributed by atoms with Crippen LogP contribution in [0.15, 0.2) is 0 Å². The second kappa shape index (κ2) is 32.8. The summed E-state index contributed by atoms with van der Waals surface area (Å²) in [7, 11) is 0. The minimum atomic E-state index is -0.396. The van der Waals surface area contributed by atoms with Crippen LogP contribution in [0.2, 0.25) is 0 Å². The monoisotopic (exact) mass is 567 g/mol. The second-order valence-electron chi connectivity index (χ2n) is 12.7. The third kappa shape index (κ3) is 28.8. The van der Waals surface area contributed by atoms with E-state index in [0.29, 0.717) is 0 Å². The molecule has 0 aliphatic rings. The van der Waals surface area contributed by atoms with Gasteiger partial charge in [0.05, 0.1) is 0 Å². The van der Waals surface area contributed by atoms with Crippen LogP contribution in [0.5, 0.6) is 0 Å². The van der Waals surface area contributed by atoms with Crippen LogP contribution in [0.25, 0.3) is 0 Å². The van der Waals surface area contributed by atoms with Crippen molar-refractivity contribution in [2.24, 2.45) is 0 Å². The maximum Gasteiger partial charge on any atom is 0.508 e. The molecule has 0 heterocycles. The fourth-order valence-electron chi connectivity index (χ4n) is 5.79. The van der Waals surface area contributed by atoms with Gasteiger partial charge in [-0.2, -0.15) is 0 Å². The van der Waals surface area contributed by atoms with Gasteiger partial charge >= 0.3 is 6.16 Å². The molecule has 2 atom stereocenters. The van der Waals surface area contributed by atoms with E-state index < -0.39 is 6.16 Å². The van der Waals surface area contributed by atoms with Crippen molar-refractivity contribution in [1.82, 2.24) is 0 Å². The van der Waals surface area contributed by atoms with Gasteiger partial charge in [0.1, 0.15) is 12.2 Å². The highest BCUT2D eigenvalue weighted by Gasteiger charge is 2.20. The fraction of sp³-hybridized carbons (Fsp3) is 0.973. The zero-order chi connectivity index (χ0) is 29.4. The summed E-state index contributed by atoms with van der Waals surface area (Å²) in [6.45, 7) is 9.06. The minimum absolute atomic E-state index is 0.0300.